The summed E-state index contributed by atoms with van der Waals surface area (Å²) in [6, 6.07) is 15.3. The fourth-order valence-corrected chi connectivity index (χ4v) is 4.33. The Labute approximate surface area is 174 Å². The molecule has 1 N–H and O–H groups in total. The number of hydrogen-bond donors (Lipinski definition) is 1. The summed E-state index contributed by atoms with van der Waals surface area (Å²) in [4.78, 5) is 12.4. The van der Waals surface area contributed by atoms with Crippen LogP contribution in [0.2, 0.25) is 0 Å². The number of nitrogens with one attached hydrogen (secondary N) is 1. The Bertz CT molecular complexity index is 1020. The molecule has 1 aliphatic rings. The number of rotatable bonds is 6. The third-order valence-electron chi connectivity index (χ3n) is 4.16. The molecule has 0 radical (unpaired) electrons. The lowest BCUT2D eigenvalue weighted by molar-refractivity contribution is 0.0730. The van der Waals surface area contributed by atoms with E-state index in [0.717, 1.165) is 5.56 Å². The van der Waals surface area contributed by atoms with Crippen molar-refractivity contribution in [1.82, 2.24) is 9.73 Å². The molecule has 2 aromatic carbocycles. The van der Waals surface area contributed by atoms with Gasteiger partial charge in [-0.25, -0.2) is 13.8 Å². The highest BCUT2D eigenvalue weighted by Gasteiger charge is 2.26. The molecule has 3 rings (SSSR count). The van der Waals surface area contributed by atoms with Gasteiger partial charge in [-0.3, -0.25) is 4.79 Å². The number of carbonyl (C=O) groups excluding carboxylic acids is 1. The van der Waals surface area contributed by atoms with E-state index in [-0.39, 0.29) is 23.5 Å². The molecule has 0 aromatic heterocycles. The first-order valence-electron chi connectivity index (χ1n) is 8.90. The van der Waals surface area contributed by atoms with Gasteiger partial charge in [-0.15, -0.1) is 0 Å². The lowest BCUT2D eigenvalue weighted by atomic mass is 10.2. The summed E-state index contributed by atoms with van der Waals surface area (Å²) in [5.41, 5.74) is 3.43. The van der Waals surface area contributed by atoms with Gasteiger partial charge in [0.1, 0.15) is 0 Å². The Kier molecular flexibility index (Phi) is 7.16. The minimum atomic E-state index is -3.68. The average molecular weight is 434 g/mol. The molecule has 0 spiro atoms. The first kappa shape index (κ1) is 21.2. The molecule has 0 unspecified atom stereocenters. The predicted molar refractivity (Wildman–Crippen MR) is 112 cm³/mol. The molecule has 1 heterocycles. The number of sulfonamides is 1. The number of amides is 1. The standard InChI is InChI=1S/C20H20ClN3O4S/c21-18(13-16-5-2-1-3-6-16)15-22-23-20(25)17-7-4-8-19(14-17)29(26,27)24-9-11-28-12-10-24/h1-8,13-15H,9-12H2,(H,23,25)/b18-13-,22-15+. The molecule has 2 aromatic rings. The van der Waals surface area contributed by atoms with E-state index in [9.17, 15) is 13.2 Å². The molecular weight excluding hydrogens is 414 g/mol. The van der Waals surface area contributed by atoms with Gasteiger partial charge in [0.2, 0.25) is 10.0 Å². The van der Waals surface area contributed by atoms with Gasteiger partial charge in [-0.2, -0.15) is 9.41 Å². The second-order valence-electron chi connectivity index (χ2n) is 6.18. The molecule has 152 valence electrons. The summed E-state index contributed by atoms with van der Waals surface area (Å²) in [5, 5.41) is 4.16. The summed E-state index contributed by atoms with van der Waals surface area (Å²) in [6.45, 7) is 1.28. The van der Waals surface area contributed by atoms with Gasteiger partial charge in [0.15, 0.2) is 0 Å². The van der Waals surface area contributed by atoms with E-state index in [1.807, 2.05) is 30.3 Å². The maximum atomic E-state index is 12.7. The molecule has 0 aliphatic carbocycles. The summed E-state index contributed by atoms with van der Waals surface area (Å²) >= 11 is 6.08. The van der Waals surface area contributed by atoms with Crippen LogP contribution in [-0.4, -0.2) is 51.1 Å². The summed E-state index contributed by atoms with van der Waals surface area (Å²) in [7, 11) is -3.68. The minimum Gasteiger partial charge on any atom is -0.379 e. The maximum absolute atomic E-state index is 12.7. The number of hydrogen-bond acceptors (Lipinski definition) is 5. The number of benzene rings is 2. The van der Waals surface area contributed by atoms with Crippen molar-refractivity contribution in [3.63, 3.8) is 0 Å². The average Bonchev–Trinajstić information content (AvgIpc) is 2.75. The Morgan fingerprint density at radius 2 is 1.83 bits per heavy atom. The van der Waals surface area contributed by atoms with Crippen LogP contribution in [0.4, 0.5) is 0 Å². The van der Waals surface area contributed by atoms with Crippen LogP contribution in [0.5, 0.6) is 0 Å². The second-order valence-corrected chi connectivity index (χ2v) is 8.56. The van der Waals surface area contributed by atoms with Crippen molar-refractivity contribution in [2.45, 2.75) is 4.90 Å². The zero-order chi connectivity index (χ0) is 20.7. The maximum Gasteiger partial charge on any atom is 0.271 e. The van der Waals surface area contributed by atoms with Crippen molar-refractivity contribution in [3.05, 3.63) is 70.8 Å². The van der Waals surface area contributed by atoms with E-state index in [4.69, 9.17) is 16.3 Å². The van der Waals surface area contributed by atoms with Crippen LogP contribution in [-0.2, 0) is 14.8 Å². The first-order chi connectivity index (χ1) is 14.0. The molecule has 29 heavy (non-hydrogen) atoms. The molecule has 0 atom stereocenters. The van der Waals surface area contributed by atoms with E-state index in [1.54, 1.807) is 6.08 Å². The summed E-state index contributed by atoms with van der Waals surface area (Å²) in [5.74, 6) is -0.538. The van der Waals surface area contributed by atoms with Crippen LogP contribution in [0.3, 0.4) is 0 Å². The van der Waals surface area contributed by atoms with Crippen molar-refractivity contribution in [2.24, 2.45) is 5.10 Å². The highest BCUT2D eigenvalue weighted by atomic mass is 35.5. The van der Waals surface area contributed by atoms with E-state index in [2.05, 4.69) is 10.5 Å². The van der Waals surface area contributed by atoms with Gasteiger partial charge in [0, 0.05) is 18.7 Å². The quantitative estimate of drug-likeness (QED) is 0.560. The van der Waals surface area contributed by atoms with E-state index < -0.39 is 15.9 Å². The van der Waals surface area contributed by atoms with Crippen LogP contribution in [0.25, 0.3) is 6.08 Å². The van der Waals surface area contributed by atoms with Crippen molar-refractivity contribution < 1.29 is 17.9 Å². The van der Waals surface area contributed by atoms with E-state index >= 15 is 0 Å². The number of ether oxygens (including phenoxy) is 1. The Hall–Kier alpha value is -2.52. The van der Waals surface area contributed by atoms with E-state index in [0.29, 0.717) is 18.2 Å². The monoisotopic (exact) mass is 433 g/mol. The SMILES string of the molecule is O=C(N/N=C/C(Cl)=C/c1ccccc1)c1cccc(S(=O)(=O)N2CCOCC2)c1. The third-order valence-corrected chi connectivity index (χ3v) is 6.26. The normalized spacial score (nSPS) is 16.1. The van der Waals surface area contributed by atoms with Crippen LogP contribution in [0.1, 0.15) is 15.9 Å². The van der Waals surface area contributed by atoms with Gasteiger partial charge < -0.3 is 4.74 Å². The first-order valence-corrected chi connectivity index (χ1v) is 10.7. The van der Waals surface area contributed by atoms with Gasteiger partial charge in [0.05, 0.1) is 29.4 Å². The van der Waals surface area contributed by atoms with Crippen LogP contribution in [0, 0.1) is 0 Å². The highest BCUT2D eigenvalue weighted by molar-refractivity contribution is 7.89. The van der Waals surface area contributed by atoms with Crippen molar-refractivity contribution in [2.75, 3.05) is 26.3 Å². The molecule has 9 heteroatoms. The van der Waals surface area contributed by atoms with Gasteiger partial charge in [0.25, 0.3) is 5.91 Å². The summed E-state index contributed by atoms with van der Waals surface area (Å²) < 4.78 is 32.0. The Morgan fingerprint density at radius 3 is 2.55 bits per heavy atom. The topological polar surface area (TPSA) is 88.1 Å². The van der Waals surface area contributed by atoms with Crippen molar-refractivity contribution in [1.29, 1.82) is 0 Å². The fraction of sp³-hybridized carbons (Fsp3) is 0.200. The van der Waals surface area contributed by atoms with Crippen molar-refractivity contribution >= 4 is 39.8 Å². The zero-order valence-corrected chi connectivity index (χ0v) is 17.1. The third kappa shape index (κ3) is 5.74. The molecule has 7 nitrogen and oxygen atoms in total. The van der Waals surface area contributed by atoms with Crippen LogP contribution < -0.4 is 5.43 Å². The molecule has 1 saturated heterocycles. The van der Waals surface area contributed by atoms with E-state index in [1.165, 1.54) is 34.8 Å². The lowest BCUT2D eigenvalue weighted by Gasteiger charge is -2.26. The Morgan fingerprint density at radius 1 is 1.10 bits per heavy atom. The molecule has 1 amide bonds. The number of halogens is 1. The van der Waals surface area contributed by atoms with Crippen LogP contribution >= 0.6 is 11.6 Å². The number of nitrogens with zero attached hydrogens (tertiary/aromatic N) is 2. The largest absolute Gasteiger partial charge is 0.379 e. The van der Waals surface area contributed by atoms with Gasteiger partial charge in [-0.1, -0.05) is 48.0 Å². The number of carbonyl (C=O) groups is 1. The molecule has 1 aliphatic heterocycles. The zero-order valence-electron chi connectivity index (χ0n) is 15.5. The number of morpholine rings is 1. The lowest BCUT2D eigenvalue weighted by Crippen LogP contribution is -2.40. The van der Waals surface area contributed by atoms with Gasteiger partial charge >= 0.3 is 0 Å². The molecule has 0 bridgehead atoms. The highest BCUT2D eigenvalue weighted by Crippen LogP contribution is 2.18. The number of allylic oxidation sites excluding steroid dienone is 1. The number of hydrazone groups is 1. The molecular formula is C20H20ClN3O4S. The molecule has 1 fully saturated rings. The van der Waals surface area contributed by atoms with Crippen LogP contribution in [0.15, 0.2) is 69.6 Å². The van der Waals surface area contributed by atoms with Crippen molar-refractivity contribution in [3.8, 4) is 0 Å². The minimum absolute atomic E-state index is 0.0537. The molecule has 0 saturated carbocycles. The second kappa shape index (κ2) is 9.80. The fourth-order valence-electron chi connectivity index (χ4n) is 2.70. The smallest absolute Gasteiger partial charge is 0.271 e. The Balaban J connectivity index is 1.67. The van der Waals surface area contributed by atoms with Gasteiger partial charge in [-0.05, 0) is 29.8 Å². The predicted octanol–water partition coefficient (Wildman–Crippen LogP) is 2.70. The summed E-state index contributed by atoms with van der Waals surface area (Å²) in [6.07, 6.45) is 3.01.